The van der Waals surface area contributed by atoms with Crippen molar-refractivity contribution in [3.63, 3.8) is 0 Å². The van der Waals surface area contributed by atoms with Crippen molar-refractivity contribution in [2.45, 2.75) is 13.8 Å². The molecule has 0 saturated carbocycles. The average Bonchev–Trinajstić information content (AvgIpc) is 1.77. The molecule has 1 nitrogen and oxygen atoms in total. The van der Waals surface area contributed by atoms with Gasteiger partial charge in [0.25, 0.3) is 0 Å². The molecule has 1 fully saturated rings. The molecule has 1 aliphatic heterocycles. The van der Waals surface area contributed by atoms with E-state index in [0.717, 1.165) is 12.5 Å². The number of rotatable bonds is 3. The summed E-state index contributed by atoms with van der Waals surface area (Å²) in [5.74, 6) is 3.35. The Kier molecular flexibility index (Phi) is 2.64. The van der Waals surface area contributed by atoms with Crippen molar-refractivity contribution < 1.29 is 4.74 Å². The van der Waals surface area contributed by atoms with Gasteiger partial charge < -0.3 is 4.74 Å². The van der Waals surface area contributed by atoms with Crippen LogP contribution in [0.4, 0.5) is 0 Å². The molecule has 0 unspecified atom stereocenters. The van der Waals surface area contributed by atoms with Crippen LogP contribution >= 0.6 is 11.8 Å². The normalized spacial score (nSPS) is 22.8. The van der Waals surface area contributed by atoms with E-state index in [9.17, 15) is 0 Å². The molecule has 2 heteroatoms. The van der Waals surface area contributed by atoms with Crippen molar-refractivity contribution in [2.75, 3.05) is 25.2 Å². The van der Waals surface area contributed by atoms with E-state index in [1.54, 1.807) is 7.11 Å². The lowest BCUT2D eigenvalue weighted by Gasteiger charge is -2.44. The summed E-state index contributed by atoms with van der Waals surface area (Å²) in [4.78, 5) is 0. The first kappa shape index (κ1) is 8.41. The fourth-order valence-corrected chi connectivity index (χ4v) is 2.80. The van der Waals surface area contributed by atoms with Gasteiger partial charge >= 0.3 is 0 Å². The minimum Gasteiger partial charge on any atom is -0.384 e. The first-order valence-electron chi connectivity index (χ1n) is 3.78. The van der Waals surface area contributed by atoms with E-state index in [1.165, 1.54) is 11.5 Å². The van der Waals surface area contributed by atoms with Crippen LogP contribution in [-0.4, -0.2) is 25.2 Å². The maximum absolute atomic E-state index is 5.20. The van der Waals surface area contributed by atoms with E-state index in [1.807, 2.05) is 11.8 Å². The van der Waals surface area contributed by atoms with Gasteiger partial charge in [-0.05, 0) is 5.92 Å². The lowest BCUT2D eigenvalue weighted by atomic mass is 9.81. The van der Waals surface area contributed by atoms with Crippen LogP contribution in [-0.2, 0) is 4.74 Å². The zero-order valence-electron chi connectivity index (χ0n) is 7.02. The Morgan fingerprint density at radius 2 is 2.10 bits per heavy atom. The summed E-state index contributed by atoms with van der Waals surface area (Å²) in [6.07, 6.45) is 0. The molecule has 0 amide bonds. The van der Waals surface area contributed by atoms with Crippen molar-refractivity contribution in [2.24, 2.45) is 11.3 Å². The first-order valence-corrected chi connectivity index (χ1v) is 4.93. The summed E-state index contributed by atoms with van der Waals surface area (Å²) in [5, 5.41) is 0. The molecule has 0 aromatic heterocycles. The number of thioether (sulfide) groups is 1. The minimum absolute atomic E-state index is 0.513. The van der Waals surface area contributed by atoms with Gasteiger partial charge in [0.15, 0.2) is 0 Å². The predicted octanol–water partition coefficient (Wildman–Crippen LogP) is 2.02. The van der Waals surface area contributed by atoms with E-state index in [0.29, 0.717) is 5.41 Å². The summed E-state index contributed by atoms with van der Waals surface area (Å²) < 4.78 is 5.20. The monoisotopic (exact) mass is 160 g/mol. The number of ether oxygens (including phenoxy) is 1. The lowest BCUT2D eigenvalue weighted by molar-refractivity contribution is 0.0707. The van der Waals surface area contributed by atoms with Gasteiger partial charge in [0, 0.05) is 24.0 Å². The molecule has 10 heavy (non-hydrogen) atoms. The van der Waals surface area contributed by atoms with Gasteiger partial charge in [-0.3, -0.25) is 0 Å². The highest BCUT2D eigenvalue weighted by Gasteiger charge is 2.40. The summed E-state index contributed by atoms with van der Waals surface area (Å²) in [7, 11) is 1.80. The van der Waals surface area contributed by atoms with Crippen molar-refractivity contribution >= 4 is 11.8 Å². The Labute approximate surface area is 67.5 Å². The SMILES string of the molecule is COCC1(C(C)C)CSC1. The van der Waals surface area contributed by atoms with Crippen LogP contribution in [0, 0.1) is 11.3 Å². The molecule has 0 bridgehead atoms. The summed E-state index contributed by atoms with van der Waals surface area (Å²) in [6.45, 7) is 5.52. The van der Waals surface area contributed by atoms with E-state index >= 15 is 0 Å². The fraction of sp³-hybridized carbons (Fsp3) is 1.00. The second-order valence-corrected chi connectivity index (χ2v) is 4.43. The maximum atomic E-state index is 5.20. The lowest BCUT2D eigenvalue weighted by Crippen LogP contribution is -2.44. The van der Waals surface area contributed by atoms with Crippen molar-refractivity contribution in [3.8, 4) is 0 Å². The van der Waals surface area contributed by atoms with Crippen LogP contribution in [0.3, 0.4) is 0 Å². The fourth-order valence-electron chi connectivity index (χ4n) is 1.24. The third kappa shape index (κ3) is 1.32. The van der Waals surface area contributed by atoms with Gasteiger partial charge in [0.2, 0.25) is 0 Å². The quantitative estimate of drug-likeness (QED) is 0.624. The Morgan fingerprint density at radius 3 is 2.20 bits per heavy atom. The Bertz CT molecular complexity index is 108. The topological polar surface area (TPSA) is 9.23 Å². The van der Waals surface area contributed by atoms with Gasteiger partial charge in [0.1, 0.15) is 0 Å². The van der Waals surface area contributed by atoms with Gasteiger partial charge in [-0.15, -0.1) is 0 Å². The van der Waals surface area contributed by atoms with E-state index in [-0.39, 0.29) is 0 Å². The molecule has 1 saturated heterocycles. The zero-order chi connectivity index (χ0) is 7.61. The largest absolute Gasteiger partial charge is 0.384 e. The molecule has 0 radical (unpaired) electrons. The third-order valence-corrected chi connectivity index (χ3v) is 3.99. The van der Waals surface area contributed by atoms with Crippen LogP contribution in [0.15, 0.2) is 0 Å². The number of hydrogen-bond acceptors (Lipinski definition) is 2. The standard InChI is InChI=1S/C8H16OS/c1-7(2)8(4-9-3)5-10-6-8/h7H,4-6H2,1-3H3. The molecule has 0 aliphatic carbocycles. The second kappa shape index (κ2) is 3.14. The molecule has 1 rings (SSSR count). The minimum atomic E-state index is 0.513. The summed E-state index contributed by atoms with van der Waals surface area (Å²) in [6, 6.07) is 0. The van der Waals surface area contributed by atoms with Gasteiger partial charge in [-0.25, -0.2) is 0 Å². The molecule has 0 atom stereocenters. The Balaban J connectivity index is 2.42. The summed E-state index contributed by atoms with van der Waals surface area (Å²) in [5.41, 5.74) is 0.513. The predicted molar refractivity (Wildman–Crippen MR) is 46.5 cm³/mol. The number of hydrogen-bond donors (Lipinski definition) is 0. The van der Waals surface area contributed by atoms with E-state index in [2.05, 4.69) is 13.8 Å². The van der Waals surface area contributed by atoms with Crippen molar-refractivity contribution in [1.82, 2.24) is 0 Å². The number of methoxy groups -OCH3 is 1. The summed E-state index contributed by atoms with van der Waals surface area (Å²) >= 11 is 2.03. The first-order chi connectivity index (χ1) is 4.71. The average molecular weight is 160 g/mol. The maximum Gasteiger partial charge on any atom is 0.0536 e. The van der Waals surface area contributed by atoms with Gasteiger partial charge in [-0.2, -0.15) is 11.8 Å². The molecule has 1 heterocycles. The molecular formula is C8H16OS. The molecule has 0 aromatic rings. The Morgan fingerprint density at radius 1 is 1.50 bits per heavy atom. The van der Waals surface area contributed by atoms with Crippen molar-refractivity contribution in [3.05, 3.63) is 0 Å². The molecular weight excluding hydrogens is 144 g/mol. The van der Waals surface area contributed by atoms with Crippen LogP contribution in [0.2, 0.25) is 0 Å². The molecule has 0 spiro atoms. The van der Waals surface area contributed by atoms with Crippen LogP contribution in [0.1, 0.15) is 13.8 Å². The van der Waals surface area contributed by atoms with Crippen LogP contribution < -0.4 is 0 Å². The highest BCUT2D eigenvalue weighted by atomic mass is 32.2. The molecule has 0 aromatic carbocycles. The molecule has 1 aliphatic rings. The van der Waals surface area contributed by atoms with E-state index < -0.39 is 0 Å². The van der Waals surface area contributed by atoms with Crippen LogP contribution in [0.25, 0.3) is 0 Å². The highest BCUT2D eigenvalue weighted by Crippen LogP contribution is 2.43. The van der Waals surface area contributed by atoms with Crippen LogP contribution in [0.5, 0.6) is 0 Å². The van der Waals surface area contributed by atoms with E-state index in [4.69, 9.17) is 4.74 Å². The second-order valence-electron chi connectivity index (χ2n) is 3.44. The smallest absolute Gasteiger partial charge is 0.0536 e. The Hall–Kier alpha value is 0.310. The molecule has 0 N–H and O–H groups in total. The van der Waals surface area contributed by atoms with Gasteiger partial charge in [0.05, 0.1) is 6.61 Å². The highest BCUT2D eigenvalue weighted by molar-refractivity contribution is 8.00. The van der Waals surface area contributed by atoms with Crippen molar-refractivity contribution in [1.29, 1.82) is 0 Å². The third-order valence-electron chi connectivity index (χ3n) is 2.44. The molecule has 60 valence electrons. The zero-order valence-corrected chi connectivity index (χ0v) is 7.83. The van der Waals surface area contributed by atoms with Gasteiger partial charge in [-0.1, -0.05) is 13.8 Å².